The highest BCUT2D eigenvalue weighted by atomic mass is 16.6. The Morgan fingerprint density at radius 2 is 1.87 bits per heavy atom. The van der Waals surface area contributed by atoms with E-state index in [1.54, 1.807) is 0 Å². The smallest absolute Gasteiger partial charge is 0.161 e. The molecule has 1 aromatic rings. The van der Waals surface area contributed by atoms with Gasteiger partial charge in [-0.2, -0.15) is 0 Å². The van der Waals surface area contributed by atoms with Gasteiger partial charge in [0.05, 0.1) is 6.17 Å². The van der Waals surface area contributed by atoms with Crippen molar-refractivity contribution in [2.24, 2.45) is 5.73 Å². The Morgan fingerprint density at radius 1 is 1.20 bits per heavy atom. The average molecular weight is 208 g/mol. The van der Waals surface area contributed by atoms with Gasteiger partial charge in [-0.3, -0.25) is 4.90 Å². The highest BCUT2D eigenvalue weighted by molar-refractivity contribution is 5.44. The molecule has 0 bridgehead atoms. The fraction of sp³-hybridized carbons (Fsp3) is 0.455. The number of hydrogen-bond acceptors (Lipinski definition) is 4. The molecule has 1 aromatic carbocycles. The van der Waals surface area contributed by atoms with Crippen LogP contribution in [0.5, 0.6) is 11.5 Å². The minimum absolute atomic E-state index is 0.110. The molecule has 0 saturated heterocycles. The average Bonchev–Trinajstić information content (AvgIpc) is 2.27. The quantitative estimate of drug-likeness (QED) is 0.736. The molecule has 1 aliphatic heterocycles. The number of rotatable bonds is 2. The van der Waals surface area contributed by atoms with Crippen molar-refractivity contribution in [3.8, 4) is 11.5 Å². The first-order valence-electron chi connectivity index (χ1n) is 5.00. The van der Waals surface area contributed by atoms with Gasteiger partial charge in [0.1, 0.15) is 13.2 Å². The third-order valence-corrected chi connectivity index (χ3v) is 2.46. The summed E-state index contributed by atoms with van der Waals surface area (Å²) in [5.41, 5.74) is 7.03. The lowest BCUT2D eigenvalue weighted by molar-refractivity contribution is 0.171. The Balaban J connectivity index is 2.27. The predicted molar refractivity (Wildman–Crippen MR) is 58.0 cm³/mol. The van der Waals surface area contributed by atoms with Gasteiger partial charge in [-0.25, -0.2) is 0 Å². The fourth-order valence-electron chi connectivity index (χ4n) is 1.54. The second-order valence-electron chi connectivity index (χ2n) is 3.81. The highest BCUT2D eigenvalue weighted by Crippen LogP contribution is 2.32. The van der Waals surface area contributed by atoms with Crippen molar-refractivity contribution in [1.29, 1.82) is 0 Å². The predicted octanol–water partition coefficient (Wildman–Crippen LogP) is 0.977. The zero-order chi connectivity index (χ0) is 10.8. The molecule has 2 rings (SSSR count). The number of hydrogen-bond donors (Lipinski definition) is 1. The number of ether oxygens (including phenoxy) is 2. The van der Waals surface area contributed by atoms with Crippen LogP contribution in [0.4, 0.5) is 0 Å². The first-order chi connectivity index (χ1) is 7.18. The molecule has 82 valence electrons. The van der Waals surface area contributed by atoms with Crippen molar-refractivity contribution < 1.29 is 9.47 Å². The van der Waals surface area contributed by atoms with Gasteiger partial charge < -0.3 is 15.2 Å². The molecule has 0 aromatic heterocycles. The van der Waals surface area contributed by atoms with Crippen LogP contribution in [0.25, 0.3) is 0 Å². The summed E-state index contributed by atoms with van der Waals surface area (Å²) in [4.78, 5) is 1.95. The van der Waals surface area contributed by atoms with Crippen LogP contribution in [-0.4, -0.2) is 32.2 Å². The van der Waals surface area contributed by atoms with Crippen molar-refractivity contribution >= 4 is 0 Å². The minimum Gasteiger partial charge on any atom is -0.486 e. The van der Waals surface area contributed by atoms with Crippen LogP contribution in [0.2, 0.25) is 0 Å². The molecule has 0 radical (unpaired) electrons. The number of nitrogens with zero attached hydrogens (tertiary/aromatic N) is 1. The van der Waals surface area contributed by atoms with E-state index in [-0.39, 0.29) is 6.17 Å². The standard InChI is InChI=1S/C11H16N2O2/c1-13(2)11(12)8-3-4-9-10(7-8)15-6-5-14-9/h3-4,7,11H,5-6,12H2,1-2H3. The maximum absolute atomic E-state index is 6.00. The molecule has 0 amide bonds. The number of nitrogens with two attached hydrogens (primary N) is 1. The summed E-state index contributed by atoms with van der Waals surface area (Å²) in [6.07, 6.45) is -0.110. The first-order valence-corrected chi connectivity index (χ1v) is 5.00. The van der Waals surface area contributed by atoms with Gasteiger partial charge in [0, 0.05) is 0 Å². The molecule has 0 spiro atoms. The molecular formula is C11H16N2O2. The maximum Gasteiger partial charge on any atom is 0.161 e. The van der Waals surface area contributed by atoms with E-state index in [2.05, 4.69) is 0 Å². The van der Waals surface area contributed by atoms with E-state index in [4.69, 9.17) is 15.2 Å². The third-order valence-electron chi connectivity index (χ3n) is 2.46. The van der Waals surface area contributed by atoms with Crippen LogP contribution >= 0.6 is 0 Å². The Labute approximate surface area is 89.6 Å². The molecule has 1 aliphatic rings. The maximum atomic E-state index is 6.00. The third kappa shape index (κ3) is 2.06. The zero-order valence-electron chi connectivity index (χ0n) is 9.06. The molecule has 1 heterocycles. The van der Waals surface area contributed by atoms with Crippen molar-refractivity contribution in [1.82, 2.24) is 4.90 Å². The van der Waals surface area contributed by atoms with Gasteiger partial charge in [0.2, 0.25) is 0 Å². The molecule has 15 heavy (non-hydrogen) atoms. The SMILES string of the molecule is CN(C)C(N)c1ccc2c(c1)OCCO2. The van der Waals surface area contributed by atoms with Gasteiger partial charge in [0.15, 0.2) is 11.5 Å². The molecule has 1 atom stereocenters. The van der Waals surface area contributed by atoms with Gasteiger partial charge in [-0.15, -0.1) is 0 Å². The Hall–Kier alpha value is -1.26. The molecule has 4 heteroatoms. The van der Waals surface area contributed by atoms with Crippen LogP contribution in [-0.2, 0) is 0 Å². The zero-order valence-corrected chi connectivity index (χ0v) is 9.06. The molecule has 0 saturated carbocycles. The summed E-state index contributed by atoms with van der Waals surface area (Å²) in [7, 11) is 3.89. The second-order valence-corrected chi connectivity index (χ2v) is 3.81. The van der Waals surface area contributed by atoms with Crippen molar-refractivity contribution in [3.05, 3.63) is 23.8 Å². The Kier molecular flexibility index (Phi) is 2.79. The molecular weight excluding hydrogens is 192 g/mol. The lowest BCUT2D eigenvalue weighted by Gasteiger charge is -2.23. The van der Waals surface area contributed by atoms with E-state index in [1.807, 2.05) is 37.2 Å². The summed E-state index contributed by atoms with van der Waals surface area (Å²) in [6, 6.07) is 5.82. The summed E-state index contributed by atoms with van der Waals surface area (Å²) in [5.74, 6) is 1.59. The molecule has 0 aliphatic carbocycles. The first kappa shape index (κ1) is 10.3. The topological polar surface area (TPSA) is 47.7 Å². The molecule has 0 fully saturated rings. The van der Waals surface area contributed by atoms with Gasteiger partial charge in [0.25, 0.3) is 0 Å². The minimum atomic E-state index is -0.110. The van der Waals surface area contributed by atoms with Gasteiger partial charge in [-0.1, -0.05) is 6.07 Å². The molecule has 2 N–H and O–H groups in total. The van der Waals surface area contributed by atoms with E-state index in [1.165, 1.54) is 0 Å². The van der Waals surface area contributed by atoms with Gasteiger partial charge >= 0.3 is 0 Å². The Morgan fingerprint density at radius 3 is 2.53 bits per heavy atom. The van der Waals surface area contributed by atoms with Crippen LogP contribution < -0.4 is 15.2 Å². The van der Waals surface area contributed by atoms with E-state index < -0.39 is 0 Å². The Bertz CT molecular complexity index is 352. The lowest BCUT2D eigenvalue weighted by Crippen LogP contribution is -2.27. The van der Waals surface area contributed by atoms with Crippen LogP contribution in [0.3, 0.4) is 0 Å². The van der Waals surface area contributed by atoms with Crippen LogP contribution in [0.1, 0.15) is 11.7 Å². The van der Waals surface area contributed by atoms with E-state index >= 15 is 0 Å². The largest absolute Gasteiger partial charge is 0.486 e. The number of fused-ring (bicyclic) bond motifs is 1. The van der Waals surface area contributed by atoms with Crippen LogP contribution in [0.15, 0.2) is 18.2 Å². The lowest BCUT2D eigenvalue weighted by atomic mass is 10.1. The highest BCUT2D eigenvalue weighted by Gasteiger charge is 2.15. The molecule has 4 nitrogen and oxygen atoms in total. The van der Waals surface area contributed by atoms with Crippen molar-refractivity contribution in [2.75, 3.05) is 27.3 Å². The van der Waals surface area contributed by atoms with Gasteiger partial charge in [-0.05, 0) is 31.8 Å². The van der Waals surface area contributed by atoms with Crippen LogP contribution in [0, 0.1) is 0 Å². The summed E-state index contributed by atoms with van der Waals surface area (Å²) in [6.45, 7) is 1.22. The summed E-state index contributed by atoms with van der Waals surface area (Å²) < 4.78 is 10.9. The summed E-state index contributed by atoms with van der Waals surface area (Å²) in [5, 5.41) is 0. The monoisotopic (exact) mass is 208 g/mol. The summed E-state index contributed by atoms with van der Waals surface area (Å²) >= 11 is 0. The second kappa shape index (κ2) is 4.08. The normalized spacial score (nSPS) is 16.5. The van der Waals surface area contributed by atoms with E-state index in [0.717, 1.165) is 17.1 Å². The van der Waals surface area contributed by atoms with E-state index in [0.29, 0.717) is 13.2 Å². The van der Waals surface area contributed by atoms with E-state index in [9.17, 15) is 0 Å². The number of benzene rings is 1. The van der Waals surface area contributed by atoms with Crippen molar-refractivity contribution in [2.45, 2.75) is 6.17 Å². The fourth-order valence-corrected chi connectivity index (χ4v) is 1.54. The van der Waals surface area contributed by atoms with Crippen molar-refractivity contribution in [3.63, 3.8) is 0 Å². The molecule has 1 unspecified atom stereocenters.